The van der Waals surface area contributed by atoms with Crippen LogP contribution in [0.15, 0.2) is 18.2 Å². The van der Waals surface area contributed by atoms with E-state index < -0.39 is 17.5 Å². The highest BCUT2D eigenvalue weighted by atomic mass is 19.2. The Kier molecular flexibility index (Phi) is 2.90. The normalized spacial score (nSPS) is 23.7. The number of benzene rings is 1. The SMILES string of the molecule is CC1CC(NC(=O)c2cccc(F)c2F)C1. The third kappa shape index (κ3) is 2.05. The molecule has 0 unspecified atom stereocenters. The van der Waals surface area contributed by atoms with Crippen molar-refractivity contribution < 1.29 is 13.6 Å². The van der Waals surface area contributed by atoms with E-state index in [1.165, 1.54) is 12.1 Å². The highest BCUT2D eigenvalue weighted by Crippen LogP contribution is 2.26. The van der Waals surface area contributed by atoms with E-state index in [1.54, 1.807) is 0 Å². The summed E-state index contributed by atoms with van der Waals surface area (Å²) in [6.45, 7) is 2.09. The molecule has 1 aliphatic rings. The van der Waals surface area contributed by atoms with Gasteiger partial charge in [-0.3, -0.25) is 4.79 Å². The summed E-state index contributed by atoms with van der Waals surface area (Å²) < 4.78 is 26.1. The maximum absolute atomic E-state index is 13.3. The lowest BCUT2D eigenvalue weighted by Crippen LogP contribution is -2.43. The van der Waals surface area contributed by atoms with E-state index in [2.05, 4.69) is 12.2 Å². The highest BCUT2D eigenvalue weighted by Gasteiger charge is 2.27. The molecule has 16 heavy (non-hydrogen) atoms. The Morgan fingerprint density at radius 2 is 2.06 bits per heavy atom. The second kappa shape index (κ2) is 4.20. The molecule has 0 saturated heterocycles. The number of hydrogen-bond acceptors (Lipinski definition) is 1. The molecule has 0 heterocycles. The Bertz CT molecular complexity index is 413. The number of carbonyl (C=O) groups excluding carboxylic acids is 1. The molecule has 4 heteroatoms. The highest BCUT2D eigenvalue weighted by molar-refractivity contribution is 5.94. The number of carbonyl (C=O) groups is 1. The summed E-state index contributed by atoms with van der Waals surface area (Å²) in [7, 11) is 0. The van der Waals surface area contributed by atoms with Gasteiger partial charge in [0.1, 0.15) is 0 Å². The van der Waals surface area contributed by atoms with E-state index in [0.29, 0.717) is 5.92 Å². The predicted molar refractivity (Wildman–Crippen MR) is 56.0 cm³/mol. The maximum Gasteiger partial charge on any atom is 0.254 e. The van der Waals surface area contributed by atoms with Gasteiger partial charge in [0.05, 0.1) is 5.56 Å². The molecule has 0 bridgehead atoms. The van der Waals surface area contributed by atoms with E-state index in [-0.39, 0.29) is 11.6 Å². The quantitative estimate of drug-likeness (QED) is 0.823. The molecule has 2 rings (SSSR count). The molecule has 0 atom stereocenters. The summed E-state index contributed by atoms with van der Waals surface area (Å²) in [5, 5.41) is 2.69. The zero-order valence-corrected chi connectivity index (χ0v) is 8.97. The van der Waals surface area contributed by atoms with E-state index in [9.17, 15) is 13.6 Å². The lowest BCUT2D eigenvalue weighted by molar-refractivity contribution is 0.0891. The van der Waals surface area contributed by atoms with Gasteiger partial charge >= 0.3 is 0 Å². The van der Waals surface area contributed by atoms with Crippen molar-refractivity contribution in [2.75, 3.05) is 0 Å². The van der Waals surface area contributed by atoms with Crippen LogP contribution in [-0.4, -0.2) is 11.9 Å². The van der Waals surface area contributed by atoms with Gasteiger partial charge in [-0.2, -0.15) is 0 Å². The van der Waals surface area contributed by atoms with Crippen LogP contribution in [-0.2, 0) is 0 Å². The molecule has 0 spiro atoms. The van der Waals surface area contributed by atoms with Crippen LogP contribution in [0.3, 0.4) is 0 Å². The van der Waals surface area contributed by atoms with Crippen LogP contribution in [0.25, 0.3) is 0 Å². The van der Waals surface area contributed by atoms with Crippen molar-refractivity contribution in [3.8, 4) is 0 Å². The summed E-state index contributed by atoms with van der Waals surface area (Å²) in [6.07, 6.45) is 1.81. The maximum atomic E-state index is 13.3. The molecular weight excluding hydrogens is 212 g/mol. The van der Waals surface area contributed by atoms with Crippen molar-refractivity contribution in [3.63, 3.8) is 0 Å². The lowest BCUT2D eigenvalue weighted by Gasteiger charge is -2.33. The first kappa shape index (κ1) is 11.0. The molecular formula is C12H13F2NO. The first-order valence-electron chi connectivity index (χ1n) is 5.33. The third-order valence-electron chi connectivity index (χ3n) is 2.91. The fourth-order valence-corrected chi connectivity index (χ4v) is 1.96. The number of hydrogen-bond donors (Lipinski definition) is 1. The molecule has 1 fully saturated rings. The molecule has 1 amide bonds. The molecule has 0 aromatic heterocycles. The lowest BCUT2D eigenvalue weighted by atomic mass is 9.82. The molecule has 0 radical (unpaired) electrons. The van der Waals surface area contributed by atoms with Crippen LogP contribution in [0.5, 0.6) is 0 Å². The van der Waals surface area contributed by atoms with Crippen LogP contribution in [0, 0.1) is 17.6 Å². The van der Waals surface area contributed by atoms with Crippen molar-refractivity contribution in [3.05, 3.63) is 35.4 Å². The molecule has 1 aromatic carbocycles. The van der Waals surface area contributed by atoms with E-state index in [0.717, 1.165) is 18.9 Å². The minimum absolute atomic E-state index is 0.102. The minimum Gasteiger partial charge on any atom is -0.349 e. The largest absolute Gasteiger partial charge is 0.349 e. The smallest absolute Gasteiger partial charge is 0.254 e. The first-order valence-corrected chi connectivity index (χ1v) is 5.33. The minimum atomic E-state index is -1.08. The van der Waals surface area contributed by atoms with Crippen LogP contribution in [0.1, 0.15) is 30.1 Å². The van der Waals surface area contributed by atoms with Crippen LogP contribution >= 0.6 is 0 Å². The topological polar surface area (TPSA) is 29.1 Å². The van der Waals surface area contributed by atoms with Crippen molar-refractivity contribution in [1.82, 2.24) is 5.32 Å². The van der Waals surface area contributed by atoms with E-state index in [1.807, 2.05) is 0 Å². The van der Waals surface area contributed by atoms with Gasteiger partial charge in [-0.05, 0) is 30.9 Å². The molecule has 1 aliphatic carbocycles. The molecule has 1 saturated carbocycles. The summed E-state index contributed by atoms with van der Waals surface area (Å²) >= 11 is 0. The zero-order chi connectivity index (χ0) is 11.7. The van der Waals surface area contributed by atoms with Gasteiger partial charge < -0.3 is 5.32 Å². The fourth-order valence-electron chi connectivity index (χ4n) is 1.96. The van der Waals surface area contributed by atoms with Crippen molar-refractivity contribution >= 4 is 5.91 Å². The molecule has 86 valence electrons. The fraction of sp³-hybridized carbons (Fsp3) is 0.417. The average Bonchev–Trinajstić information content (AvgIpc) is 2.19. The predicted octanol–water partition coefficient (Wildman–Crippen LogP) is 2.49. The van der Waals surface area contributed by atoms with E-state index in [4.69, 9.17) is 0 Å². The van der Waals surface area contributed by atoms with Gasteiger partial charge in [0.25, 0.3) is 5.91 Å². The second-order valence-electron chi connectivity index (χ2n) is 4.35. The van der Waals surface area contributed by atoms with E-state index >= 15 is 0 Å². The molecule has 1 aromatic rings. The van der Waals surface area contributed by atoms with Gasteiger partial charge in [0, 0.05) is 6.04 Å². The Labute approximate surface area is 92.7 Å². The number of halogens is 2. The monoisotopic (exact) mass is 225 g/mol. The Morgan fingerprint density at radius 3 is 2.69 bits per heavy atom. The zero-order valence-electron chi connectivity index (χ0n) is 8.97. The Morgan fingerprint density at radius 1 is 1.38 bits per heavy atom. The Balaban J connectivity index is 2.06. The molecule has 1 N–H and O–H groups in total. The number of nitrogens with one attached hydrogen (secondary N) is 1. The van der Waals surface area contributed by atoms with Crippen LogP contribution in [0.4, 0.5) is 8.78 Å². The molecule has 0 aliphatic heterocycles. The Hall–Kier alpha value is -1.45. The van der Waals surface area contributed by atoms with Gasteiger partial charge in [-0.1, -0.05) is 13.0 Å². The molecule has 2 nitrogen and oxygen atoms in total. The van der Waals surface area contributed by atoms with Gasteiger partial charge in [-0.15, -0.1) is 0 Å². The second-order valence-corrected chi connectivity index (χ2v) is 4.35. The number of amides is 1. The summed E-state index contributed by atoms with van der Waals surface area (Å²) in [5.74, 6) is -2.00. The standard InChI is InChI=1S/C12H13F2NO/c1-7-5-8(6-7)15-12(16)9-3-2-4-10(13)11(9)14/h2-4,7-8H,5-6H2,1H3,(H,15,16). The third-order valence-corrected chi connectivity index (χ3v) is 2.91. The average molecular weight is 225 g/mol. The van der Waals surface area contributed by atoms with Crippen molar-refractivity contribution in [2.45, 2.75) is 25.8 Å². The van der Waals surface area contributed by atoms with Crippen LogP contribution < -0.4 is 5.32 Å². The summed E-state index contributed by atoms with van der Waals surface area (Å²) in [5.41, 5.74) is -0.223. The summed E-state index contributed by atoms with van der Waals surface area (Å²) in [6, 6.07) is 3.72. The van der Waals surface area contributed by atoms with Gasteiger partial charge in [-0.25, -0.2) is 8.78 Å². The number of rotatable bonds is 2. The van der Waals surface area contributed by atoms with Gasteiger partial charge in [0.15, 0.2) is 11.6 Å². The van der Waals surface area contributed by atoms with Crippen LogP contribution in [0.2, 0.25) is 0 Å². The van der Waals surface area contributed by atoms with Crippen molar-refractivity contribution in [2.24, 2.45) is 5.92 Å². The van der Waals surface area contributed by atoms with Gasteiger partial charge in [0.2, 0.25) is 0 Å². The van der Waals surface area contributed by atoms with Crippen molar-refractivity contribution in [1.29, 1.82) is 0 Å². The first-order chi connectivity index (χ1) is 7.58. The summed E-state index contributed by atoms with van der Waals surface area (Å²) in [4.78, 5) is 11.6.